The number of amides is 2. The molecule has 7 nitrogen and oxygen atoms in total. The van der Waals surface area contributed by atoms with Gasteiger partial charge in [-0.25, -0.2) is 0 Å². The van der Waals surface area contributed by atoms with E-state index in [9.17, 15) is 9.59 Å². The van der Waals surface area contributed by atoms with E-state index in [0.29, 0.717) is 18.9 Å². The first-order valence-electron chi connectivity index (χ1n) is 6.84. The van der Waals surface area contributed by atoms with Gasteiger partial charge in [0.05, 0.1) is 5.69 Å². The van der Waals surface area contributed by atoms with Crippen LogP contribution in [0.2, 0.25) is 0 Å². The minimum absolute atomic E-state index is 0.473. The van der Waals surface area contributed by atoms with Crippen molar-refractivity contribution in [2.24, 2.45) is 7.05 Å². The molecular weight excluding hydrogens is 258 g/mol. The van der Waals surface area contributed by atoms with Gasteiger partial charge in [-0.15, -0.1) is 0 Å². The maximum Gasteiger partial charge on any atom is 0.315 e. The van der Waals surface area contributed by atoms with E-state index in [2.05, 4.69) is 22.2 Å². The van der Waals surface area contributed by atoms with Gasteiger partial charge in [-0.2, -0.15) is 5.10 Å². The quantitative estimate of drug-likeness (QED) is 0.763. The number of aromatic nitrogens is 2. The smallest absolute Gasteiger partial charge is 0.315 e. The molecule has 1 N–H and O–H groups in total. The molecular formula is C13H21N5O2. The molecule has 1 fully saturated rings. The first-order chi connectivity index (χ1) is 9.51. The van der Waals surface area contributed by atoms with Crippen LogP contribution >= 0.6 is 0 Å². The number of hydrogen-bond donors (Lipinski definition) is 1. The van der Waals surface area contributed by atoms with Crippen LogP contribution in [0.4, 0.5) is 5.82 Å². The molecule has 2 amide bonds. The number of anilines is 1. The van der Waals surface area contributed by atoms with Crippen LogP contribution in [0.25, 0.3) is 0 Å². The molecule has 0 aromatic carbocycles. The molecule has 1 aliphatic heterocycles. The molecule has 0 aliphatic carbocycles. The number of nitrogens with zero attached hydrogens (tertiary/aromatic N) is 4. The Labute approximate surface area is 118 Å². The summed E-state index contributed by atoms with van der Waals surface area (Å²) in [7, 11) is 1.73. The lowest BCUT2D eigenvalue weighted by Gasteiger charge is -2.33. The molecule has 1 aromatic rings. The van der Waals surface area contributed by atoms with E-state index in [0.717, 1.165) is 25.3 Å². The number of carbonyl (C=O) groups excluding carboxylic acids is 2. The van der Waals surface area contributed by atoms with Crippen molar-refractivity contribution in [2.75, 3.05) is 38.0 Å². The van der Waals surface area contributed by atoms with Crippen molar-refractivity contribution >= 4 is 17.6 Å². The average Bonchev–Trinajstić information content (AvgIpc) is 2.76. The Morgan fingerprint density at radius 3 is 2.45 bits per heavy atom. The van der Waals surface area contributed by atoms with Gasteiger partial charge < -0.3 is 15.1 Å². The van der Waals surface area contributed by atoms with E-state index >= 15 is 0 Å². The second kappa shape index (κ2) is 6.04. The molecule has 1 aliphatic rings. The lowest BCUT2D eigenvalue weighted by molar-refractivity contribution is -0.144. The Morgan fingerprint density at radius 1 is 1.30 bits per heavy atom. The molecule has 0 unspecified atom stereocenters. The summed E-state index contributed by atoms with van der Waals surface area (Å²) in [6.45, 7) is 7.74. The van der Waals surface area contributed by atoms with Crippen molar-refractivity contribution in [3.8, 4) is 0 Å². The van der Waals surface area contributed by atoms with Gasteiger partial charge in [0.1, 0.15) is 5.82 Å². The molecule has 2 heterocycles. The zero-order chi connectivity index (χ0) is 14.7. The molecule has 20 heavy (non-hydrogen) atoms. The minimum Gasteiger partial charge on any atom is -0.332 e. The molecule has 110 valence electrons. The highest BCUT2D eigenvalue weighted by molar-refractivity contribution is 6.39. The summed E-state index contributed by atoms with van der Waals surface area (Å²) >= 11 is 0. The number of rotatable bonds is 2. The topological polar surface area (TPSA) is 70.5 Å². The van der Waals surface area contributed by atoms with Crippen LogP contribution < -0.4 is 5.32 Å². The van der Waals surface area contributed by atoms with Gasteiger partial charge >= 0.3 is 11.8 Å². The molecule has 0 radical (unpaired) electrons. The maximum atomic E-state index is 12.1. The monoisotopic (exact) mass is 279 g/mol. The molecule has 0 atom stereocenters. The highest BCUT2D eigenvalue weighted by Crippen LogP contribution is 2.09. The Kier molecular flexibility index (Phi) is 4.39. The van der Waals surface area contributed by atoms with Crippen LogP contribution in [0.1, 0.15) is 12.6 Å². The predicted molar refractivity (Wildman–Crippen MR) is 75.3 cm³/mol. The van der Waals surface area contributed by atoms with Crippen LogP contribution in [0.5, 0.6) is 0 Å². The zero-order valence-electron chi connectivity index (χ0n) is 12.2. The molecule has 0 bridgehead atoms. The highest BCUT2D eigenvalue weighted by atomic mass is 16.2. The van der Waals surface area contributed by atoms with Gasteiger partial charge in [0.25, 0.3) is 0 Å². The molecule has 0 spiro atoms. The predicted octanol–water partition coefficient (Wildman–Crippen LogP) is -0.169. The second-order valence-corrected chi connectivity index (χ2v) is 4.98. The second-order valence-electron chi connectivity index (χ2n) is 4.98. The lowest BCUT2D eigenvalue weighted by atomic mass is 10.3. The van der Waals surface area contributed by atoms with Gasteiger partial charge in [0.15, 0.2) is 0 Å². The third-order valence-electron chi connectivity index (χ3n) is 3.54. The highest BCUT2D eigenvalue weighted by Gasteiger charge is 2.26. The Hall–Kier alpha value is -1.89. The van der Waals surface area contributed by atoms with Crippen LogP contribution in [0.15, 0.2) is 6.07 Å². The number of carbonyl (C=O) groups is 2. The van der Waals surface area contributed by atoms with Crippen LogP contribution in [0.3, 0.4) is 0 Å². The van der Waals surface area contributed by atoms with E-state index in [4.69, 9.17) is 0 Å². The summed E-state index contributed by atoms with van der Waals surface area (Å²) in [6, 6.07) is 1.74. The molecule has 1 saturated heterocycles. The maximum absolute atomic E-state index is 12.1. The summed E-state index contributed by atoms with van der Waals surface area (Å²) in [5.74, 6) is -0.536. The van der Waals surface area contributed by atoms with Gasteiger partial charge in [-0.3, -0.25) is 14.3 Å². The molecule has 1 aromatic heterocycles. The lowest BCUT2D eigenvalue weighted by Crippen LogP contribution is -2.51. The van der Waals surface area contributed by atoms with Crippen molar-refractivity contribution in [1.29, 1.82) is 0 Å². The third-order valence-corrected chi connectivity index (χ3v) is 3.54. The van der Waals surface area contributed by atoms with E-state index in [-0.39, 0.29) is 0 Å². The third kappa shape index (κ3) is 3.16. The van der Waals surface area contributed by atoms with E-state index in [1.165, 1.54) is 0 Å². The first kappa shape index (κ1) is 14.5. The average molecular weight is 279 g/mol. The Bertz CT molecular complexity index is 503. The molecule has 7 heteroatoms. The van der Waals surface area contributed by atoms with Gasteiger partial charge in [-0.05, 0) is 13.5 Å². The fourth-order valence-electron chi connectivity index (χ4n) is 2.31. The summed E-state index contributed by atoms with van der Waals surface area (Å²) in [6.07, 6.45) is 0. The summed E-state index contributed by atoms with van der Waals surface area (Å²) in [5.41, 5.74) is 0.798. The van der Waals surface area contributed by atoms with Crippen LogP contribution in [-0.4, -0.2) is 64.1 Å². The standard InChI is InChI=1S/C13H21N5O2/c1-4-17-5-7-18(8-6-17)13(20)12(19)14-11-9-10(2)15-16(11)3/h9H,4-8H2,1-3H3,(H,14,19). The van der Waals surface area contributed by atoms with Crippen molar-refractivity contribution < 1.29 is 9.59 Å². The normalized spacial score (nSPS) is 16.2. The number of hydrogen-bond acceptors (Lipinski definition) is 4. The van der Waals surface area contributed by atoms with Crippen LogP contribution in [0, 0.1) is 6.92 Å². The van der Waals surface area contributed by atoms with Crippen molar-refractivity contribution in [2.45, 2.75) is 13.8 Å². The fraction of sp³-hybridized carbons (Fsp3) is 0.615. The molecule has 2 rings (SSSR count). The van der Waals surface area contributed by atoms with Gasteiger partial charge in [0, 0.05) is 39.3 Å². The van der Waals surface area contributed by atoms with Crippen molar-refractivity contribution in [1.82, 2.24) is 19.6 Å². The number of aryl methyl sites for hydroxylation is 2. The Balaban J connectivity index is 1.93. The van der Waals surface area contributed by atoms with E-state index in [1.807, 2.05) is 6.92 Å². The minimum atomic E-state index is -0.599. The van der Waals surface area contributed by atoms with Crippen molar-refractivity contribution in [3.05, 3.63) is 11.8 Å². The summed E-state index contributed by atoms with van der Waals surface area (Å²) < 4.78 is 1.55. The van der Waals surface area contributed by atoms with Crippen LogP contribution in [-0.2, 0) is 16.6 Å². The largest absolute Gasteiger partial charge is 0.332 e. The summed E-state index contributed by atoms with van der Waals surface area (Å²) in [5, 5.41) is 6.74. The van der Waals surface area contributed by atoms with Gasteiger partial charge in [0.2, 0.25) is 0 Å². The number of likely N-dealkylation sites (N-methyl/N-ethyl adjacent to an activating group) is 1. The number of nitrogens with one attached hydrogen (secondary N) is 1. The number of piperazine rings is 1. The fourth-order valence-corrected chi connectivity index (χ4v) is 2.31. The van der Waals surface area contributed by atoms with Crippen molar-refractivity contribution in [3.63, 3.8) is 0 Å². The van der Waals surface area contributed by atoms with E-state index in [1.54, 1.807) is 22.7 Å². The van der Waals surface area contributed by atoms with Gasteiger partial charge in [-0.1, -0.05) is 6.92 Å². The zero-order valence-corrected chi connectivity index (χ0v) is 12.2. The SMILES string of the molecule is CCN1CCN(C(=O)C(=O)Nc2cc(C)nn2C)CC1. The van der Waals surface area contributed by atoms with E-state index < -0.39 is 11.8 Å². The summed E-state index contributed by atoms with van der Waals surface area (Å²) in [4.78, 5) is 27.9. The molecule has 0 saturated carbocycles. The first-order valence-corrected chi connectivity index (χ1v) is 6.84. The Morgan fingerprint density at radius 2 is 1.95 bits per heavy atom.